The summed E-state index contributed by atoms with van der Waals surface area (Å²) < 4.78 is 16.0. The maximum Gasteiger partial charge on any atom is 0.326 e. The molecule has 0 aromatic heterocycles. The lowest BCUT2D eigenvalue weighted by Crippen LogP contribution is -2.44. The minimum absolute atomic E-state index is 0.190. The molecular formula is C21H40N2O7S. The van der Waals surface area contributed by atoms with Crippen LogP contribution in [-0.2, 0) is 28.6 Å². The first-order chi connectivity index (χ1) is 15.0. The first-order valence-corrected chi connectivity index (χ1v) is 11.7. The summed E-state index contributed by atoms with van der Waals surface area (Å²) in [5, 5.41) is 11.1. The third-order valence-electron chi connectivity index (χ3n) is 4.46. The number of rotatable bonds is 23. The smallest absolute Gasteiger partial charge is 0.326 e. The van der Waals surface area contributed by atoms with E-state index in [1.807, 2.05) is 0 Å². The third-order valence-corrected chi connectivity index (χ3v) is 4.78. The first-order valence-electron chi connectivity index (χ1n) is 11.1. The molecule has 0 aliphatic carbocycles. The Labute approximate surface area is 191 Å². The van der Waals surface area contributed by atoms with E-state index in [2.05, 4.69) is 17.9 Å². The van der Waals surface area contributed by atoms with Gasteiger partial charge in [-0.15, -0.1) is 0 Å². The average molecular weight is 465 g/mol. The summed E-state index contributed by atoms with van der Waals surface area (Å²) in [5.74, 6) is -1.78. The number of nitrogens with two attached hydrogens (primary N) is 1. The summed E-state index contributed by atoms with van der Waals surface area (Å²) in [6.07, 6.45) is 10.8. The van der Waals surface area contributed by atoms with Gasteiger partial charge in [-0.25, -0.2) is 4.79 Å². The number of hydrogen-bond acceptors (Lipinski definition) is 7. The van der Waals surface area contributed by atoms with E-state index in [1.54, 1.807) is 0 Å². The van der Waals surface area contributed by atoms with E-state index in [4.69, 9.17) is 25.1 Å². The number of carbonyl (C=O) groups is 3. The Hall–Kier alpha value is -1.36. The lowest BCUT2D eigenvalue weighted by atomic mass is 10.1. The predicted octanol–water partition coefficient (Wildman–Crippen LogP) is 1.92. The molecule has 1 atom stereocenters. The minimum Gasteiger partial charge on any atom is -0.480 e. The zero-order chi connectivity index (χ0) is 23.2. The number of primary amides is 1. The molecule has 0 aliphatic rings. The van der Waals surface area contributed by atoms with Gasteiger partial charge >= 0.3 is 5.97 Å². The maximum atomic E-state index is 11.6. The van der Waals surface area contributed by atoms with Crippen LogP contribution in [0.25, 0.3) is 0 Å². The zero-order valence-electron chi connectivity index (χ0n) is 18.5. The number of amides is 2. The van der Waals surface area contributed by atoms with Crippen molar-refractivity contribution in [3.63, 3.8) is 0 Å². The maximum absolute atomic E-state index is 11.6. The summed E-state index contributed by atoms with van der Waals surface area (Å²) in [4.78, 5) is 33.3. The molecule has 2 amide bonds. The molecule has 0 saturated carbocycles. The molecule has 31 heavy (non-hydrogen) atoms. The Morgan fingerprint density at radius 1 is 0.774 bits per heavy atom. The standard InChI is InChI=1S/C21H40N2O7S/c22-19(24)16-18(21(26)27)23-20(25)17-30-14-13-29-12-11-28-10-8-6-4-2-1-3-5-7-9-15-31/h18,31H,1-17H2,(H2,22,24)(H,23,25)(H,26,27)/t18-/m0/s1. The van der Waals surface area contributed by atoms with Gasteiger partial charge in [0.15, 0.2) is 0 Å². The molecule has 0 unspecified atom stereocenters. The van der Waals surface area contributed by atoms with E-state index in [-0.39, 0.29) is 13.2 Å². The van der Waals surface area contributed by atoms with Gasteiger partial charge in [-0.1, -0.05) is 44.9 Å². The first kappa shape index (κ1) is 29.6. The van der Waals surface area contributed by atoms with E-state index >= 15 is 0 Å². The molecule has 0 aromatic carbocycles. The van der Waals surface area contributed by atoms with E-state index in [0.717, 1.165) is 18.8 Å². The minimum atomic E-state index is -1.35. The van der Waals surface area contributed by atoms with Crippen LogP contribution in [0.3, 0.4) is 0 Å². The molecule has 0 bridgehead atoms. The normalized spacial score (nSPS) is 11.9. The number of carboxylic acids is 1. The van der Waals surface area contributed by atoms with Crippen LogP contribution in [0.4, 0.5) is 0 Å². The van der Waals surface area contributed by atoms with Gasteiger partial charge in [0, 0.05) is 6.61 Å². The van der Waals surface area contributed by atoms with Crippen LogP contribution < -0.4 is 11.1 Å². The van der Waals surface area contributed by atoms with Crippen LogP contribution in [0, 0.1) is 0 Å². The Balaban J connectivity index is 3.35. The lowest BCUT2D eigenvalue weighted by Gasteiger charge is -2.13. The van der Waals surface area contributed by atoms with Gasteiger partial charge in [-0.2, -0.15) is 12.6 Å². The summed E-state index contributed by atoms with van der Waals surface area (Å²) in [6, 6.07) is -1.35. The van der Waals surface area contributed by atoms with E-state index in [0.29, 0.717) is 19.8 Å². The highest BCUT2D eigenvalue weighted by atomic mass is 32.1. The Morgan fingerprint density at radius 3 is 1.77 bits per heavy atom. The number of nitrogens with one attached hydrogen (secondary N) is 1. The van der Waals surface area contributed by atoms with Crippen molar-refractivity contribution >= 4 is 30.4 Å². The molecule has 4 N–H and O–H groups in total. The summed E-state index contributed by atoms with van der Waals surface area (Å²) in [7, 11) is 0. The molecule has 0 rings (SSSR count). The number of hydrogen-bond donors (Lipinski definition) is 4. The molecule has 0 radical (unpaired) electrons. The van der Waals surface area contributed by atoms with Gasteiger partial charge in [-0.05, 0) is 18.6 Å². The number of carboxylic acid groups (broad SMARTS) is 1. The van der Waals surface area contributed by atoms with Crippen molar-refractivity contribution in [2.24, 2.45) is 5.73 Å². The molecule has 10 heteroatoms. The van der Waals surface area contributed by atoms with Crippen LogP contribution in [0.15, 0.2) is 0 Å². The van der Waals surface area contributed by atoms with Gasteiger partial charge in [0.25, 0.3) is 0 Å². The van der Waals surface area contributed by atoms with Crippen molar-refractivity contribution in [1.29, 1.82) is 0 Å². The molecule has 182 valence electrons. The highest BCUT2D eigenvalue weighted by molar-refractivity contribution is 7.80. The number of ether oxygens (including phenoxy) is 3. The lowest BCUT2D eigenvalue weighted by molar-refractivity contribution is -0.144. The van der Waals surface area contributed by atoms with Crippen molar-refractivity contribution < 1.29 is 33.7 Å². The topological polar surface area (TPSA) is 137 Å². The van der Waals surface area contributed by atoms with Gasteiger partial charge in [-0.3, -0.25) is 9.59 Å². The van der Waals surface area contributed by atoms with E-state index in [9.17, 15) is 14.4 Å². The van der Waals surface area contributed by atoms with Crippen LogP contribution in [0.2, 0.25) is 0 Å². The molecule has 9 nitrogen and oxygen atoms in total. The van der Waals surface area contributed by atoms with Gasteiger partial charge in [0.05, 0.1) is 32.8 Å². The third kappa shape index (κ3) is 21.7. The monoisotopic (exact) mass is 464 g/mol. The molecule has 0 aliphatic heterocycles. The second-order valence-corrected chi connectivity index (χ2v) is 7.76. The molecule has 0 aromatic rings. The molecule has 0 saturated heterocycles. The van der Waals surface area contributed by atoms with Crippen LogP contribution >= 0.6 is 12.6 Å². The molecule has 0 spiro atoms. The van der Waals surface area contributed by atoms with Crippen molar-refractivity contribution in [2.75, 3.05) is 45.4 Å². The highest BCUT2D eigenvalue weighted by Crippen LogP contribution is 2.10. The predicted molar refractivity (Wildman–Crippen MR) is 121 cm³/mol. The Bertz CT molecular complexity index is 481. The van der Waals surface area contributed by atoms with Crippen LogP contribution in [0.5, 0.6) is 0 Å². The van der Waals surface area contributed by atoms with E-state index < -0.39 is 30.2 Å². The van der Waals surface area contributed by atoms with Gasteiger partial charge in [0.2, 0.25) is 11.8 Å². The Kier molecular flexibility index (Phi) is 20.9. The second-order valence-electron chi connectivity index (χ2n) is 7.31. The number of unbranched alkanes of at least 4 members (excludes halogenated alkanes) is 8. The number of carbonyl (C=O) groups excluding carboxylic acids is 2. The molecule has 0 fully saturated rings. The SMILES string of the molecule is NC(=O)C[C@H](NC(=O)COCCOCCOCCCCCCCCCCCS)C(=O)O. The fraction of sp³-hybridized carbons (Fsp3) is 0.857. The fourth-order valence-electron chi connectivity index (χ4n) is 2.80. The van der Waals surface area contributed by atoms with Crippen molar-refractivity contribution in [3.05, 3.63) is 0 Å². The van der Waals surface area contributed by atoms with Crippen molar-refractivity contribution in [2.45, 2.75) is 70.3 Å². The quantitative estimate of drug-likeness (QED) is 0.134. The molecule has 0 heterocycles. The average Bonchev–Trinajstić information content (AvgIpc) is 2.72. The fourth-order valence-corrected chi connectivity index (χ4v) is 3.02. The van der Waals surface area contributed by atoms with Gasteiger partial charge in [0.1, 0.15) is 12.6 Å². The van der Waals surface area contributed by atoms with Crippen molar-refractivity contribution in [1.82, 2.24) is 5.32 Å². The van der Waals surface area contributed by atoms with Crippen LogP contribution in [0.1, 0.15) is 64.2 Å². The summed E-state index contributed by atoms with van der Waals surface area (Å²) in [5.41, 5.74) is 4.94. The highest BCUT2D eigenvalue weighted by Gasteiger charge is 2.21. The largest absolute Gasteiger partial charge is 0.480 e. The van der Waals surface area contributed by atoms with Crippen molar-refractivity contribution in [3.8, 4) is 0 Å². The zero-order valence-corrected chi connectivity index (χ0v) is 19.4. The Morgan fingerprint density at radius 2 is 1.26 bits per heavy atom. The number of thiol groups is 1. The second kappa shape index (κ2) is 21.9. The molecular weight excluding hydrogens is 424 g/mol. The van der Waals surface area contributed by atoms with Crippen LogP contribution in [-0.4, -0.2) is 74.3 Å². The van der Waals surface area contributed by atoms with Gasteiger partial charge < -0.3 is 30.4 Å². The van der Waals surface area contributed by atoms with E-state index in [1.165, 1.54) is 51.4 Å². The summed E-state index contributed by atoms with van der Waals surface area (Å²) in [6.45, 7) is 1.86. The number of aliphatic carboxylic acids is 1. The summed E-state index contributed by atoms with van der Waals surface area (Å²) >= 11 is 4.22.